The van der Waals surface area contributed by atoms with Crippen LogP contribution in [0, 0.1) is 0 Å². The number of H-pyrrole nitrogens is 1. The number of aromatic nitrogens is 1. The fourth-order valence-electron chi connectivity index (χ4n) is 1.76. The highest BCUT2D eigenvalue weighted by molar-refractivity contribution is 5.89. The lowest BCUT2D eigenvalue weighted by molar-refractivity contribution is -0.140. The van der Waals surface area contributed by atoms with Crippen molar-refractivity contribution in [2.24, 2.45) is 0 Å². The van der Waals surface area contributed by atoms with E-state index >= 15 is 0 Å². The molecule has 0 radical (unpaired) electrons. The molecule has 0 amide bonds. The molecule has 20 heavy (non-hydrogen) atoms. The Labute approximate surface area is 116 Å². The lowest BCUT2D eigenvalue weighted by Gasteiger charge is -1.98. The zero-order valence-corrected chi connectivity index (χ0v) is 11.5. The summed E-state index contributed by atoms with van der Waals surface area (Å²) in [5.41, 5.74) is 7.24. The van der Waals surface area contributed by atoms with E-state index in [0.29, 0.717) is 12.4 Å². The average molecular weight is 278 g/mol. The third kappa shape index (κ3) is 4.64. The summed E-state index contributed by atoms with van der Waals surface area (Å²) in [4.78, 5) is 23.4. The van der Waals surface area contributed by atoms with Gasteiger partial charge in [-0.05, 0) is 24.6 Å². The third-order valence-corrected chi connectivity index (χ3v) is 2.46. The highest BCUT2D eigenvalue weighted by Gasteiger charge is 2.06. The largest absolute Gasteiger partial charge is 0.481 e. The number of carbonyl (C=O) groups is 2. The molecule has 0 unspecified atom stereocenters. The van der Waals surface area contributed by atoms with Crippen molar-refractivity contribution in [1.29, 1.82) is 0 Å². The van der Waals surface area contributed by atoms with Crippen molar-refractivity contribution in [1.82, 2.24) is 4.98 Å². The number of esters is 1. The quantitative estimate of drug-likeness (QED) is 0.744. The van der Waals surface area contributed by atoms with Crippen LogP contribution in [0.3, 0.4) is 0 Å². The Kier molecular flexibility index (Phi) is 5.58. The number of carbonyl (C=O) groups excluding carboxylic acids is 1. The molecule has 6 heteroatoms. The summed E-state index contributed by atoms with van der Waals surface area (Å²) < 4.78 is 4.40. The minimum atomic E-state index is -0.836. The maximum absolute atomic E-state index is 10.6. The number of benzene rings is 1. The molecule has 0 aliphatic carbocycles. The van der Waals surface area contributed by atoms with Crippen LogP contribution in [0.5, 0.6) is 0 Å². The number of carboxylic acid groups (broad SMARTS) is 1. The van der Waals surface area contributed by atoms with Gasteiger partial charge in [-0.1, -0.05) is 12.1 Å². The number of carboxylic acids is 1. The number of nitrogen functional groups attached to an aromatic ring is 1. The van der Waals surface area contributed by atoms with Gasteiger partial charge in [0.1, 0.15) is 5.82 Å². The molecule has 0 fully saturated rings. The highest BCUT2D eigenvalue weighted by Crippen LogP contribution is 2.21. The second-order valence-corrected chi connectivity index (χ2v) is 4.10. The number of hydrogen-bond acceptors (Lipinski definition) is 4. The fraction of sp³-hybridized carbons (Fsp3) is 0.286. The first-order valence-corrected chi connectivity index (χ1v) is 6.15. The van der Waals surface area contributed by atoms with Gasteiger partial charge in [0.25, 0.3) is 0 Å². The summed E-state index contributed by atoms with van der Waals surface area (Å²) in [7, 11) is 0. The number of hydrogen-bond donors (Lipinski definition) is 3. The fourth-order valence-corrected chi connectivity index (χ4v) is 1.76. The van der Waals surface area contributed by atoms with Crippen LogP contribution in [-0.4, -0.2) is 28.6 Å². The van der Waals surface area contributed by atoms with E-state index < -0.39 is 5.97 Å². The Morgan fingerprint density at radius 2 is 2.10 bits per heavy atom. The van der Waals surface area contributed by atoms with Crippen molar-refractivity contribution >= 4 is 28.7 Å². The number of fused-ring (bicyclic) bond motifs is 1. The lowest BCUT2D eigenvalue weighted by Crippen LogP contribution is -1.99. The van der Waals surface area contributed by atoms with Gasteiger partial charge in [-0.25, -0.2) is 0 Å². The van der Waals surface area contributed by atoms with E-state index in [1.807, 2.05) is 12.1 Å². The summed E-state index contributed by atoms with van der Waals surface area (Å²) in [5, 5.41) is 9.57. The molecule has 1 aromatic carbocycles. The van der Waals surface area contributed by atoms with Gasteiger partial charge in [-0.3, -0.25) is 9.59 Å². The Morgan fingerprint density at radius 1 is 1.40 bits per heavy atom. The second kappa shape index (κ2) is 7.18. The Hall–Kier alpha value is -2.50. The van der Waals surface area contributed by atoms with Crippen molar-refractivity contribution in [2.75, 3.05) is 12.3 Å². The maximum Gasteiger partial charge on any atom is 0.307 e. The number of nitrogens with two attached hydrogens (primary N) is 1. The van der Waals surface area contributed by atoms with Gasteiger partial charge in [0, 0.05) is 17.8 Å². The zero-order chi connectivity index (χ0) is 15.1. The van der Waals surface area contributed by atoms with Gasteiger partial charge < -0.3 is 20.6 Å². The summed E-state index contributed by atoms with van der Waals surface area (Å²) in [6, 6.07) is 7.24. The normalized spacial score (nSPS) is 9.70. The molecule has 0 spiro atoms. The smallest absolute Gasteiger partial charge is 0.307 e. The minimum absolute atomic E-state index is 0.0225. The van der Waals surface area contributed by atoms with Gasteiger partial charge in [-0.2, -0.15) is 0 Å². The topological polar surface area (TPSA) is 105 Å². The van der Waals surface area contributed by atoms with Crippen LogP contribution in [0.1, 0.15) is 19.4 Å². The Bertz CT molecular complexity index is 604. The van der Waals surface area contributed by atoms with E-state index in [4.69, 9.17) is 10.8 Å². The van der Waals surface area contributed by atoms with E-state index in [1.165, 1.54) is 6.92 Å². The first kappa shape index (κ1) is 15.6. The summed E-state index contributed by atoms with van der Waals surface area (Å²) in [6.07, 6.45) is 0.0225. The van der Waals surface area contributed by atoms with Crippen molar-refractivity contribution in [2.45, 2.75) is 20.3 Å². The number of rotatable bonds is 3. The molecule has 2 rings (SSSR count). The molecule has 0 atom stereocenters. The number of aliphatic carboxylic acids is 1. The summed E-state index contributed by atoms with van der Waals surface area (Å²) >= 11 is 0. The second-order valence-electron chi connectivity index (χ2n) is 4.10. The van der Waals surface area contributed by atoms with Gasteiger partial charge in [-0.15, -0.1) is 0 Å². The molecule has 1 aromatic heterocycles. The van der Waals surface area contributed by atoms with Crippen LogP contribution in [0.15, 0.2) is 24.3 Å². The molecule has 0 bridgehead atoms. The van der Waals surface area contributed by atoms with Gasteiger partial charge in [0.15, 0.2) is 0 Å². The highest BCUT2D eigenvalue weighted by atomic mass is 16.5. The van der Waals surface area contributed by atoms with Crippen LogP contribution in [-0.2, 0) is 20.7 Å². The van der Waals surface area contributed by atoms with Crippen molar-refractivity contribution in [3.05, 3.63) is 29.8 Å². The molecule has 6 nitrogen and oxygen atoms in total. The molecule has 4 N–H and O–H groups in total. The molecule has 2 aromatic rings. The van der Waals surface area contributed by atoms with Crippen LogP contribution in [0.4, 0.5) is 5.82 Å². The Balaban J connectivity index is 0.000000286. The van der Waals surface area contributed by atoms with Crippen molar-refractivity contribution in [3.8, 4) is 0 Å². The van der Waals surface area contributed by atoms with E-state index in [-0.39, 0.29) is 12.4 Å². The zero-order valence-electron chi connectivity index (χ0n) is 11.5. The van der Waals surface area contributed by atoms with Crippen LogP contribution < -0.4 is 5.73 Å². The molecule has 108 valence electrons. The lowest BCUT2D eigenvalue weighted by atomic mass is 10.1. The SMILES string of the molecule is CCOC(C)=O.Nc1cc2c(CC(=O)O)cccc2[nH]1. The summed E-state index contributed by atoms with van der Waals surface area (Å²) in [5.74, 6) is -0.493. The summed E-state index contributed by atoms with van der Waals surface area (Å²) in [6.45, 7) is 3.65. The molecular weight excluding hydrogens is 260 g/mol. The monoisotopic (exact) mass is 278 g/mol. The number of anilines is 1. The van der Waals surface area contributed by atoms with Crippen molar-refractivity contribution < 1.29 is 19.4 Å². The first-order valence-electron chi connectivity index (χ1n) is 6.15. The molecule has 0 saturated carbocycles. The molecule has 0 aliphatic heterocycles. The maximum atomic E-state index is 10.6. The van der Waals surface area contributed by atoms with Crippen LogP contribution in [0.2, 0.25) is 0 Å². The molecule has 0 aliphatic rings. The van der Waals surface area contributed by atoms with Gasteiger partial charge >= 0.3 is 11.9 Å². The van der Waals surface area contributed by atoms with E-state index in [2.05, 4.69) is 9.72 Å². The van der Waals surface area contributed by atoms with Crippen molar-refractivity contribution in [3.63, 3.8) is 0 Å². The minimum Gasteiger partial charge on any atom is -0.481 e. The van der Waals surface area contributed by atoms with E-state index in [1.54, 1.807) is 19.1 Å². The average Bonchev–Trinajstić information content (AvgIpc) is 2.70. The predicted molar refractivity (Wildman–Crippen MR) is 76.4 cm³/mol. The number of nitrogens with one attached hydrogen (secondary N) is 1. The molecule has 0 saturated heterocycles. The Morgan fingerprint density at radius 3 is 2.60 bits per heavy atom. The van der Waals surface area contributed by atoms with Crippen LogP contribution in [0.25, 0.3) is 10.9 Å². The number of ether oxygens (including phenoxy) is 1. The molecular formula is C14H18N2O4. The third-order valence-electron chi connectivity index (χ3n) is 2.46. The van der Waals surface area contributed by atoms with E-state index in [9.17, 15) is 9.59 Å². The van der Waals surface area contributed by atoms with Crippen LogP contribution >= 0.6 is 0 Å². The number of aromatic amines is 1. The first-order chi connectivity index (χ1) is 9.43. The molecule has 1 heterocycles. The van der Waals surface area contributed by atoms with Gasteiger partial charge in [0.05, 0.1) is 13.0 Å². The van der Waals surface area contributed by atoms with E-state index in [0.717, 1.165) is 16.5 Å². The standard InChI is InChI=1S/C10H10N2O2.C4H8O2/c11-9-5-7-6(4-10(13)14)2-1-3-8(7)12-9;1-3-6-4(2)5/h1-3,5,12H,4,11H2,(H,13,14);3H2,1-2H3. The van der Waals surface area contributed by atoms with Gasteiger partial charge in [0.2, 0.25) is 0 Å². The predicted octanol–water partition coefficient (Wildman–Crippen LogP) is 1.95.